The quantitative estimate of drug-likeness (QED) is 0.0468. The summed E-state index contributed by atoms with van der Waals surface area (Å²) in [7, 11) is 0. The molecule has 0 amide bonds. The van der Waals surface area contributed by atoms with E-state index in [1.807, 2.05) is 0 Å². The van der Waals surface area contributed by atoms with Crippen LogP contribution < -0.4 is 5.73 Å². The van der Waals surface area contributed by atoms with Crippen LogP contribution in [0.5, 0.6) is 0 Å². The van der Waals surface area contributed by atoms with Gasteiger partial charge in [-0.1, -0.05) is 161 Å². The summed E-state index contributed by atoms with van der Waals surface area (Å²) in [6.07, 6.45) is 40.3. The second-order valence-electron chi connectivity index (χ2n) is 12.4. The second kappa shape index (κ2) is 35.3. The molecule has 0 spiro atoms. The Kier molecular flexibility index (Phi) is 34.6. The minimum atomic E-state index is -0.308. The summed E-state index contributed by atoms with van der Waals surface area (Å²) in [5.74, 6) is -0.127. The van der Waals surface area contributed by atoms with E-state index < -0.39 is 0 Å². The first kappa shape index (κ1) is 40.1. The number of carbonyl (C=O) groups excluding carboxylic acids is 1. The Bertz CT molecular complexity index is 536. The highest BCUT2D eigenvalue weighted by molar-refractivity contribution is 5.69. The molecule has 0 aromatic carbocycles. The van der Waals surface area contributed by atoms with E-state index in [1.54, 1.807) is 0 Å². The van der Waals surface area contributed by atoms with Crippen LogP contribution >= 0.6 is 0 Å². The van der Waals surface area contributed by atoms with Crippen LogP contribution in [0.15, 0.2) is 12.2 Å². The van der Waals surface area contributed by atoms with Gasteiger partial charge in [-0.25, -0.2) is 0 Å². The number of allylic oxidation sites excluding steroid dienone is 2. The minimum Gasteiger partial charge on any atom is -0.459 e. The van der Waals surface area contributed by atoms with Crippen LogP contribution in [0.4, 0.5) is 0 Å². The molecule has 4 heteroatoms. The van der Waals surface area contributed by atoms with Crippen molar-refractivity contribution in [1.82, 2.24) is 0 Å². The zero-order valence-corrected chi connectivity index (χ0v) is 28.0. The Hall–Kier alpha value is -0.870. The molecule has 0 heterocycles. The van der Waals surface area contributed by atoms with Crippen molar-refractivity contribution in [3.8, 4) is 0 Å². The molecule has 244 valence electrons. The van der Waals surface area contributed by atoms with E-state index >= 15 is 0 Å². The Labute approximate surface area is 257 Å². The number of hydrogen-bond donors (Lipinski definition) is 1. The lowest BCUT2D eigenvalue weighted by Gasteiger charge is -2.16. The number of rotatable bonds is 34. The van der Waals surface area contributed by atoms with Crippen molar-refractivity contribution in [2.24, 2.45) is 5.73 Å². The number of carbonyl (C=O) groups is 1. The maximum atomic E-state index is 12.2. The minimum absolute atomic E-state index is 0.127. The van der Waals surface area contributed by atoms with Gasteiger partial charge in [0, 0.05) is 19.6 Å². The fraction of sp³-hybridized carbons (Fsp3) is 0.919. The molecule has 1 unspecified atom stereocenters. The Morgan fingerprint density at radius 3 is 1.39 bits per heavy atom. The van der Waals surface area contributed by atoms with Crippen molar-refractivity contribution in [3.63, 3.8) is 0 Å². The lowest BCUT2D eigenvalue weighted by Crippen LogP contribution is -2.31. The lowest BCUT2D eigenvalue weighted by molar-refractivity contribution is -0.151. The number of unbranched alkanes of at least 4 members (excludes halogenated alkanes) is 24. The van der Waals surface area contributed by atoms with Gasteiger partial charge in [0.05, 0.1) is 6.61 Å². The predicted molar refractivity (Wildman–Crippen MR) is 180 cm³/mol. The SMILES string of the molecule is CCCCCCCCC=CCCCCCCCC(=O)OC(CN)COCCCCCCCCCCCCCCCC. The third-order valence-electron chi connectivity index (χ3n) is 8.15. The number of hydrogen-bond acceptors (Lipinski definition) is 4. The molecule has 0 saturated carbocycles. The third kappa shape index (κ3) is 33.5. The van der Waals surface area contributed by atoms with Gasteiger partial charge in [0.25, 0.3) is 0 Å². The molecule has 0 aromatic rings. The van der Waals surface area contributed by atoms with E-state index in [0.717, 1.165) is 25.9 Å². The standard InChI is InChI=1S/C37H73NO3/c1-3-5-7-9-11-13-15-17-19-20-22-24-26-28-30-32-37(39)41-36(34-38)35-40-33-31-29-27-25-23-21-18-16-14-12-10-8-6-4-2/h17,19,36H,3-16,18,20-35,38H2,1-2H3. The van der Waals surface area contributed by atoms with Gasteiger partial charge in [-0.2, -0.15) is 0 Å². The summed E-state index contributed by atoms with van der Waals surface area (Å²) in [6.45, 7) is 6.04. The highest BCUT2D eigenvalue weighted by Gasteiger charge is 2.13. The van der Waals surface area contributed by atoms with Gasteiger partial charge in [-0.3, -0.25) is 4.79 Å². The van der Waals surface area contributed by atoms with Crippen molar-refractivity contribution in [2.45, 2.75) is 200 Å². The topological polar surface area (TPSA) is 61.5 Å². The van der Waals surface area contributed by atoms with Gasteiger partial charge >= 0.3 is 5.97 Å². The van der Waals surface area contributed by atoms with E-state index in [9.17, 15) is 4.79 Å². The van der Waals surface area contributed by atoms with Crippen LogP contribution in [-0.4, -0.2) is 31.8 Å². The third-order valence-corrected chi connectivity index (χ3v) is 8.15. The fourth-order valence-corrected chi connectivity index (χ4v) is 5.35. The van der Waals surface area contributed by atoms with Gasteiger partial charge in [0.15, 0.2) is 0 Å². The summed E-state index contributed by atoms with van der Waals surface area (Å²) in [5.41, 5.74) is 5.81. The van der Waals surface area contributed by atoms with Crippen LogP contribution in [0, 0.1) is 0 Å². The number of esters is 1. The number of nitrogens with two attached hydrogens (primary N) is 1. The normalized spacial score (nSPS) is 12.4. The van der Waals surface area contributed by atoms with E-state index in [1.165, 1.54) is 154 Å². The van der Waals surface area contributed by atoms with Crippen LogP contribution in [0.1, 0.15) is 194 Å². The summed E-state index contributed by atoms with van der Waals surface area (Å²) in [5, 5.41) is 0. The van der Waals surface area contributed by atoms with Crippen molar-refractivity contribution >= 4 is 5.97 Å². The van der Waals surface area contributed by atoms with Gasteiger partial charge in [0.2, 0.25) is 0 Å². The maximum Gasteiger partial charge on any atom is 0.306 e. The van der Waals surface area contributed by atoms with E-state index in [0.29, 0.717) is 19.6 Å². The molecule has 0 aliphatic carbocycles. The molecule has 0 rings (SSSR count). The molecule has 1 atom stereocenters. The Morgan fingerprint density at radius 2 is 0.951 bits per heavy atom. The number of ether oxygens (including phenoxy) is 2. The maximum absolute atomic E-state index is 12.2. The Morgan fingerprint density at radius 1 is 0.561 bits per heavy atom. The molecule has 41 heavy (non-hydrogen) atoms. The molecule has 0 bridgehead atoms. The van der Waals surface area contributed by atoms with Crippen molar-refractivity contribution in [1.29, 1.82) is 0 Å². The molecule has 0 aliphatic heterocycles. The van der Waals surface area contributed by atoms with Gasteiger partial charge in [-0.05, 0) is 38.5 Å². The van der Waals surface area contributed by atoms with Gasteiger partial charge in [0.1, 0.15) is 6.10 Å². The molecule has 0 aliphatic rings. The molecule has 4 nitrogen and oxygen atoms in total. The lowest BCUT2D eigenvalue weighted by atomic mass is 10.0. The highest BCUT2D eigenvalue weighted by atomic mass is 16.6. The molecule has 0 radical (unpaired) electrons. The van der Waals surface area contributed by atoms with E-state index in [4.69, 9.17) is 15.2 Å². The second-order valence-corrected chi connectivity index (χ2v) is 12.4. The molecular weight excluding hydrogens is 506 g/mol. The molecule has 2 N–H and O–H groups in total. The first-order valence-corrected chi connectivity index (χ1v) is 18.4. The largest absolute Gasteiger partial charge is 0.459 e. The van der Waals surface area contributed by atoms with E-state index in [2.05, 4.69) is 26.0 Å². The van der Waals surface area contributed by atoms with Crippen molar-refractivity contribution < 1.29 is 14.3 Å². The van der Waals surface area contributed by atoms with Crippen LogP contribution in [0.25, 0.3) is 0 Å². The first-order valence-electron chi connectivity index (χ1n) is 18.4. The van der Waals surface area contributed by atoms with Crippen LogP contribution in [-0.2, 0) is 14.3 Å². The monoisotopic (exact) mass is 580 g/mol. The smallest absolute Gasteiger partial charge is 0.306 e. The predicted octanol–water partition coefficient (Wildman–Crippen LogP) is 11.4. The van der Waals surface area contributed by atoms with Gasteiger partial charge < -0.3 is 15.2 Å². The van der Waals surface area contributed by atoms with Crippen molar-refractivity contribution in [2.75, 3.05) is 19.8 Å². The Balaban J connectivity index is 3.42. The molecule has 0 aromatic heterocycles. The summed E-state index contributed by atoms with van der Waals surface area (Å²) in [4.78, 5) is 12.2. The van der Waals surface area contributed by atoms with Gasteiger partial charge in [-0.15, -0.1) is 0 Å². The zero-order chi connectivity index (χ0) is 29.9. The van der Waals surface area contributed by atoms with Crippen LogP contribution in [0.2, 0.25) is 0 Å². The molecule has 0 fully saturated rings. The van der Waals surface area contributed by atoms with Crippen LogP contribution in [0.3, 0.4) is 0 Å². The first-order chi connectivity index (χ1) is 20.2. The molecule has 0 saturated heterocycles. The average Bonchev–Trinajstić information content (AvgIpc) is 2.98. The average molecular weight is 580 g/mol. The zero-order valence-electron chi connectivity index (χ0n) is 28.0. The summed E-state index contributed by atoms with van der Waals surface area (Å²) in [6, 6.07) is 0. The fourth-order valence-electron chi connectivity index (χ4n) is 5.35. The highest BCUT2D eigenvalue weighted by Crippen LogP contribution is 2.14. The summed E-state index contributed by atoms with van der Waals surface area (Å²) >= 11 is 0. The van der Waals surface area contributed by atoms with Crippen molar-refractivity contribution in [3.05, 3.63) is 12.2 Å². The summed E-state index contributed by atoms with van der Waals surface area (Å²) < 4.78 is 11.3. The van der Waals surface area contributed by atoms with E-state index in [-0.39, 0.29) is 12.1 Å². The molecular formula is C37H73NO3.